The summed E-state index contributed by atoms with van der Waals surface area (Å²) in [7, 11) is 0. The highest BCUT2D eigenvalue weighted by Gasteiger charge is 2.10. The molecule has 23 heavy (non-hydrogen) atoms. The Morgan fingerprint density at radius 1 is 1.26 bits per heavy atom. The molecule has 0 aliphatic heterocycles. The van der Waals surface area contributed by atoms with Crippen molar-refractivity contribution in [2.45, 2.75) is 13.3 Å². The summed E-state index contributed by atoms with van der Waals surface area (Å²) in [5.74, 6) is 1.22. The number of aromatic nitrogens is 2. The second kappa shape index (κ2) is 6.62. The fraction of sp³-hybridized carbons (Fsp3) is 0.222. The van der Waals surface area contributed by atoms with Crippen molar-refractivity contribution in [2.75, 3.05) is 13.2 Å². The number of aliphatic hydroxyl groups is 1. The fourth-order valence-corrected chi connectivity index (χ4v) is 2.36. The summed E-state index contributed by atoms with van der Waals surface area (Å²) in [6.07, 6.45) is 0.955. The molecule has 5 nitrogen and oxygen atoms in total. The van der Waals surface area contributed by atoms with Gasteiger partial charge in [0.1, 0.15) is 18.2 Å². The molecule has 0 atom stereocenters. The van der Waals surface area contributed by atoms with Gasteiger partial charge in [-0.2, -0.15) is 0 Å². The molecule has 3 rings (SSSR count). The van der Waals surface area contributed by atoms with Gasteiger partial charge in [-0.25, -0.2) is 4.98 Å². The van der Waals surface area contributed by atoms with Gasteiger partial charge in [-0.3, -0.25) is 4.79 Å². The number of carbonyl (C=O) groups is 1. The number of aromatic amines is 1. The molecule has 0 unspecified atom stereocenters. The number of hydrogen-bond donors (Lipinski definition) is 2. The van der Waals surface area contributed by atoms with E-state index < -0.39 is 6.61 Å². The molecule has 0 aliphatic rings. The summed E-state index contributed by atoms with van der Waals surface area (Å²) in [6, 6.07) is 12.9. The van der Waals surface area contributed by atoms with Crippen LogP contribution in [0.5, 0.6) is 5.75 Å². The van der Waals surface area contributed by atoms with Crippen molar-refractivity contribution in [3.8, 4) is 17.1 Å². The standard InChI is InChI=1S/C18H18N2O3/c1-2-8-23-14-5-3-4-13(9-14)18-19-15-7-6-12(17(22)11-21)10-16(15)20-18/h3-7,9-10,21H,2,8,11H2,1H3,(H,19,20). The quantitative estimate of drug-likeness (QED) is 0.686. The molecule has 0 amide bonds. The highest BCUT2D eigenvalue weighted by molar-refractivity contribution is 5.99. The van der Waals surface area contributed by atoms with E-state index in [0.29, 0.717) is 12.2 Å². The number of fused-ring (bicyclic) bond motifs is 1. The zero-order valence-corrected chi connectivity index (χ0v) is 12.9. The first-order valence-corrected chi connectivity index (χ1v) is 7.58. The number of rotatable bonds is 6. The van der Waals surface area contributed by atoms with E-state index in [1.165, 1.54) is 0 Å². The molecule has 0 fully saturated rings. The number of Topliss-reactive ketones (excluding diaryl/α,β-unsaturated/α-hetero) is 1. The maximum atomic E-state index is 11.6. The van der Waals surface area contributed by atoms with Crippen molar-refractivity contribution in [1.29, 1.82) is 0 Å². The first-order valence-electron chi connectivity index (χ1n) is 7.58. The molecule has 118 valence electrons. The summed E-state index contributed by atoms with van der Waals surface area (Å²) >= 11 is 0. The number of nitrogens with zero attached hydrogens (tertiary/aromatic N) is 1. The molecule has 1 heterocycles. The van der Waals surface area contributed by atoms with E-state index >= 15 is 0 Å². The van der Waals surface area contributed by atoms with Crippen LogP contribution in [-0.4, -0.2) is 34.1 Å². The second-order valence-corrected chi connectivity index (χ2v) is 5.27. The Balaban J connectivity index is 1.95. The third-order valence-corrected chi connectivity index (χ3v) is 3.53. The normalized spacial score (nSPS) is 10.9. The summed E-state index contributed by atoms with van der Waals surface area (Å²) < 4.78 is 5.64. The maximum Gasteiger partial charge on any atom is 0.188 e. The van der Waals surface area contributed by atoms with Crippen LogP contribution in [0.25, 0.3) is 22.4 Å². The number of nitrogens with one attached hydrogen (secondary N) is 1. The number of hydrogen-bond acceptors (Lipinski definition) is 4. The van der Waals surface area contributed by atoms with Crippen molar-refractivity contribution in [1.82, 2.24) is 9.97 Å². The van der Waals surface area contributed by atoms with Crippen LogP contribution in [-0.2, 0) is 0 Å². The van der Waals surface area contributed by atoms with Crippen LogP contribution in [0.2, 0.25) is 0 Å². The van der Waals surface area contributed by atoms with E-state index in [1.807, 2.05) is 24.3 Å². The van der Waals surface area contributed by atoms with Gasteiger partial charge in [-0.1, -0.05) is 19.1 Å². The van der Waals surface area contributed by atoms with E-state index in [2.05, 4.69) is 16.9 Å². The predicted octanol–water partition coefficient (Wildman–Crippen LogP) is 3.19. The lowest BCUT2D eigenvalue weighted by atomic mass is 10.1. The Hall–Kier alpha value is -2.66. The Morgan fingerprint density at radius 3 is 2.91 bits per heavy atom. The Kier molecular flexibility index (Phi) is 4.39. The van der Waals surface area contributed by atoms with Crippen molar-refractivity contribution in [3.63, 3.8) is 0 Å². The van der Waals surface area contributed by atoms with Crippen molar-refractivity contribution < 1.29 is 14.6 Å². The zero-order chi connectivity index (χ0) is 16.2. The predicted molar refractivity (Wildman–Crippen MR) is 88.7 cm³/mol. The monoisotopic (exact) mass is 310 g/mol. The van der Waals surface area contributed by atoms with Gasteiger partial charge in [0.15, 0.2) is 5.78 Å². The van der Waals surface area contributed by atoms with E-state index in [9.17, 15) is 4.79 Å². The molecular formula is C18H18N2O3. The van der Waals surface area contributed by atoms with Gasteiger partial charge in [0, 0.05) is 11.1 Å². The number of ether oxygens (including phenoxy) is 1. The first-order chi connectivity index (χ1) is 11.2. The van der Waals surface area contributed by atoms with Gasteiger partial charge in [0.05, 0.1) is 17.6 Å². The average Bonchev–Trinajstić information content (AvgIpc) is 3.02. The third-order valence-electron chi connectivity index (χ3n) is 3.53. The minimum Gasteiger partial charge on any atom is -0.494 e. The number of carbonyl (C=O) groups excluding carboxylic acids is 1. The summed E-state index contributed by atoms with van der Waals surface area (Å²) in [4.78, 5) is 19.3. The molecule has 0 aliphatic carbocycles. The van der Waals surface area contributed by atoms with E-state index in [0.717, 1.165) is 34.6 Å². The van der Waals surface area contributed by atoms with Crippen molar-refractivity contribution in [2.24, 2.45) is 0 Å². The second-order valence-electron chi connectivity index (χ2n) is 5.27. The number of imidazole rings is 1. The topological polar surface area (TPSA) is 75.2 Å². The van der Waals surface area contributed by atoms with Gasteiger partial charge >= 0.3 is 0 Å². The molecule has 0 bridgehead atoms. The molecule has 5 heteroatoms. The molecule has 2 N–H and O–H groups in total. The molecule has 0 spiro atoms. The van der Waals surface area contributed by atoms with Crippen LogP contribution in [0.1, 0.15) is 23.7 Å². The lowest BCUT2D eigenvalue weighted by Gasteiger charge is -2.05. The minimum atomic E-state index is -0.497. The van der Waals surface area contributed by atoms with Crippen LogP contribution < -0.4 is 4.74 Å². The minimum absolute atomic E-state index is 0.307. The van der Waals surface area contributed by atoms with Gasteiger partial charge in [-0.05, 0) is 36.8 Å². The molecule has 1 aromatic heterocycles. The highest BCUT2D eigenvalue weighted by atomic mass is 16.5. The van der Waals surface area contributed by atoms with Crippen LogP contribution in [0, 0.1) is 0 Å². The SMILES string of the molecule is CCCOc1cccc(-c2nc3ccc(C(=O)CO)cc3[nH]2)c1. The smallest absolute Gasteiger partial charge is 0.188 e. The van der Waals surface area contributed by atoms with Crippen LogP contribution in [0.15, 0.2) is 42.5 Å². The molecular weight excluding hydrogens is 292 g/mol. The van der Waals surface area contributed by atoms with E-state index in [-0.39, 0.29) is 5.78 Å². The summed E-state index contributed by atoms with van der Waals surface area (Å²) in [5, 5.41) is 8.96. The summed E-state index contributed by atoms with van der Waals surface area (Å²) in [5.41, 5.74) is 2.92. The average molecular weight is 310 g/mol. The Bertz CT molecular complexity index is 839. The highest BCUT2D eigenvalue weighted by Crippen LogP contribution is 2.24. The Labute approximate surface area is 133 Å². The number of ketones is 1. The van der Waals surface area contributed by atoms with E-state index in [1.54, 1.807) is 18.2 Å². The molecule has 2 aromatic carbocycles. The van der Waals surface area contributed by atoms with Crippen LogP contribution in [0.4, 0.5) is 0 Å². The maximum absolute atomic E-state index is 11.6. The van der Waals surface area contributed by atoms with Crippen molar-refractivity contribution >= 4 is 16.8 Å². The van der Waals surface area contributed by atoms with Crippen molar-refractivity contribution in [3.05, 3.63) is 48.0 Å². The number of aliphatic hydroxyl groups excluding tert-OH is 1. The lowest BCUT2D eigenvalue weighted by molar-refractivity contribution is 0.0904. The third kappa shape index (κ3) is 3.24. The fourth-order valence-electron chi connectivity index (χ4n) is 2.36. The molecule has 0 saturated carbocycles. The lowest BCUT2D eigenvalue weighted by Crippen LogP contribution is -2.03. The Morgan fingerprint density at radius 2 is 2.13 bits per heavy atom. The van der Waals surface area contributed by atoms with Crippen LogP contribution in [0.3, 0.4) is 0 Å². The van der Waals surface area contributed by atoms with Gasteiger partial charge in [-0.15, -0.1) is 0 Å². The molecule has 0 radical (unpaired) electrons. The van der Waals surface area contributed by atoms with Gasteiger partial charge in [0.25, 0.3) is 0 Å². The van der Waals surface area contributed by atoms with E-state index in [4.69, 9.17) is 9.84 Å². The number of benzene rings is 2. The zero-order valence-electron chi connectivity index (χ0n) is 12.9. The van der Waals surface area contributed by atoms with Gasteiger partial charge < -0.3 is 14.8 Å². The number of H-pyrrole nitrogens is 1. The molecule has 0 saturated heterocycles. The van der Waals surface area contributed by atoms with Gasteiger partial charge in [0.2, 0.25) is 0 Å². The largest absolute Gasteiger partial charge is 0.494 e. The summed E-state index contributed by atoms with van der Waals surface area (Å²) in [6.45, 7) is 2.24. The van der Waals surface area contributed by atoms with Crippen LogP contribution >= 0.6 is 0 Å². The first kappa shape index (κ1) is 15.2. The molecule has 3 aromatic rings.